The topological polar surface area (TPSA) is 110 Å². The van der Waals surface area contributed by atoms with Gasteiger partial charge in [-0.25, -0.2) is 31.5 Å². The highest BCUT2D eigenvalue weighted by Gasteiger charge is 2.14. The number of fused-ring (bicyclic) bond motifs is 1. The maximum atomic E-state index is 11.3. The van der Waals surface area contributed by atoms with E-state index in [0.29, 0.717) is 16.7 Å². The molecule has 1 aromatic heterocycles. The highest BCUT2D eigenvalue weighted by Crippen LogP contribution is 2.20. The number of aromatic nitrogens is 2. The predicted molar refractivity (Wildman–Crippen MR) is 58.9 cm³/mol. The molecule has 0 spiro atoms. The van der Waals surface area contributed by atoms with Crippen LogP contribution in [0.2, 0.25) is 0 Å². The molecule has 7 nitrogen and oxygen atoms in total. The smallest absolute Gasteiger partial charge is 0.274 e. The van der Waals surface area contributed by atoms with Crippen molar-refractivity contribution in [1.29, 1.82) is 0 Å². The lowest BCUT2D eigenvalue weighted by Crippen LogP contribution is -2.48. The lowest BCUT2D eigenvalue weighted by atomic mass is 10.2. The second-order valence-corrected chi connectivity index (χ2v) is 3.03. The number of hydrogen-bond donors (Lipinski definition) is 3. The van der Waals surface area contributed by atoms with Gasteiger partial charge < -0.3 is 0 Å². The van der Waals surface area contributed by atoms with E-state index >= 15 is 0 Å². The van der Waals surface area contributed by atoms with Crippen molar-refractivity contribution in [2.45, 2.75) is 0 Å². The van der Waals surface area contributed by atoms with Gasteiger partial charge in [0.1, 0.15) is 6.33 Å². The van der Waals surface area contributed by atoms with Crippen molar-refractivity contribution in [3.63, 3.8) is 0 Å². The number of hydrogen-bond acceptors (Lipinski definition) is 5. The molecule has 0 aliphatic rings. The first-order chi connectivity index (χ1) is 7.74. The summed E-state index contributed by atoms with van der Waals surface area (Å²) in [6.07, 6.45) is 1.33. The van der Waals surface area contributed by atoms with E-state index in [4.69, 9.17) is 11.7 Å². The molecule has 16 heavy (non-hydrogen) atoms. The van der Waals surface area contributed by atoms with E-state index in [1.54, 1.807) is 12.1 Å². The molecule has 82 valence electrons. The Morgan fingerprint density at radius 2 is 2.06 bits per heavy atom. The molecule has 5 N–H and O–H groups in total. The SMILES string of the molecule is NNC(=O)N(N)c1ncnc2ccccc12. The van der Waals surface area contributed by atoms with E-state index < -0.39 is 6.03 Å². The standard InChI is InChI=1S/C9H10N6O/c10-14-9(16)15(11)8-6-3-1-2-4-7(6)12-5-13-8/h1-5H,10-11H2,(H,14,16). The third-order valence-electron chi connectivity index (χ3n) is 2.09. The summed E-state index contributed by atoms with van der Waals surface area (Å²) in [6, 6.07) is 6.57. The van der Waals surface area contributed by atoms with Gasteiger partial charge >= 0.3 is 6.03 Å². The van der Waals surface area contributed by atoms with E-state index in [0.717, 1.165) is 5.01 Å². The van der Waals surface area contributed by atoms with E-state index in [9.17, 15) is 4.79 Å². The predicted octanol–water partition coefficient (Wildman–Crippen LogP) is -0.107. The van der Waals surface area contributed by atoms with E-state index in [2.05, 4.69) is 9.97 Å². The Hall–Kier alpha value is -2.25. The molecule has 0 atom stereocenters. The van der Waals surface area contributed by atoms with Crippen LogP contribution in [-0.2, 0) is 0 Å². The second kappa shape index (κ2) is 4.09. The fourth-order valence-corrected chi connectivity index (χ4v) is 1.35. The fourth-order valence-electron chi connectivity index (χ4n) is 1.35. The van der Waals surface area contributed by atoms with Gasteiger partial charge in [-0.05, 0) is 12.1 Å². The van der Waals surface area contributed by atoms with Crippen LogP contribution in [0.3, 0.4) is 0 Å². The van der Waals surface area contributed by atoms with E-state index in [1.807, 2.05) is 17.6 Å². The maximum absolute atomic E-state index is 11.3. The number of rotatable bonds is 1. The lowest BCUT2D eigenvalue weighted by Gasteiger charge is -2.15. The number of para-hydroxylation sites is 1. The van der Waals surface area contributed by atoms with Crippen LogP contribution in [0.1, 0.15) is 0 Å². The fraction of sp³-hybridized carbons (Fsp3) is 0. The normalized spacial score (nSPS) is 10.1. The number of urea groups is 1. The number of carbonyl (C=O) groups excluding carboxylic acids is 1. The minimum Gasteiger partial charge on any atom is -0.274 e. The van der Waals surface area contributed by atoms with Crippen molar-refractivity contribution in [3.05, 3.63) is 30.6 Å². The molecule has 0 saturated carbocycles. The number of benzene rings is 1. The van der Waals surface area contributed by atoms with Crippen LogP contribution in [0.4, 0.5) is 10.6 Å². The van der Waals surface area contributed by atoms with Crippen LogP contribution in [0.5, 0.6) is 0 Å². The van der Waals surface area contributed by atoms with Crippen LogP contribution in [0.15, 0.2) is 30.6 Å². The Morgan fingerprint density at radius 3 is 2.81 bits per heavy atom. The van der Waals surface area contributed by atoms with Crippen molar-refractivity contribution in [1.82, 2.24) is 15.4 Å². The number of carbonyl (C=O) groups is 1. The first-order valence-electron chi connectivity index (χ1n) is 4.49. The Balaban J connectivity index is 2.56. The zero-order valence-electron chi connectivity index (χ0n) is 8.29. The molecule has 0 aliphatic heterocycles. The molecule has 2 amide bonds. The summed E-state index contributed by atoms with van der Waals surface area (Å²) in [5.74, 6) is 10.9. The first-order valence-corrected chi connectivity index (χ1v) is 4.49. The van der Waals surface area contributed by atoms with Gasteiger partial charge in [0.15, 0.2) is 5.82 Å². The van der Waals surface area contributed by atoms with Crippen molar-refractivity contribution >= 4 is 22.8 Å². The average molecular weight is 218 g/mol. The van der Waals surface area contributed by atoms with E-state index in [-0.39, 0.29) is 0 Å². The molecule has 1 aromatic carbocycles. The minimum absolute atomic E-state index is 0.300. The molecule has 0 fully saturated rings. The molecule has 0 aliphatic carbocycles. The van der Waals surface area contributed by atoms with E-state index in [1.165, 1.54) is 6.33 Å². The first kappa shape index (κ1) is 10.3. The second-order valence-electron chi connectivity index (χ2n) is 3.03. The summed E-state index contributed by atoms with van der Waals surface area (Å²) >= 11 is 0. The van der Waals surface area contributed by atoms with Gasteiger partial charge in [-0.2, -0.15) is 0 Å². The molecule has 0 unspecified atom stereocenters. The highest BCUT2D eigenvalue weighted by molar-refractivity contribution is 5.98. The summed E-state index contributed by atoms with van der Waals surface area (Å²) in [4.78, 5) is 19.3. The van der Waals surface area contributed by atoms with Gasteiger partial charge in [0, 0.05) is 5.39 Å². The summed E-state index contributed by atoms with van der Waals surface area (Å²) in [5.41, 5.74) is 2.63. The molecule has 7 heteroatoms. The van der Waals surface area contributed by atoms with Gasteiger partial charge in [0.05, 0.1) is 5.52 Å². The summed E-state index contributed by atoms with van der Waals surface area (Å²) < 4.78 is 0. The number of nitrogens with two attached hydrogens (primary N) is 2. The monoisotopic (exact) mass is 218 g/mol. The maximum Gasteiger partial charge on any atom is 0.351 e. The van der Waals surface area contributed by atoms with Crippen molar-refractivity contribution in [3.8, 4) is 0 Å². The van der Waals surface area contributed by atoms with Gasteiger partial charge in [-0.3, -0.25) is 5.43 Å². The Labute approximate surface area is 91.0 Å². The minimum atomic E-state index is -0.649. The summed E-state index contributed by atoms with van der Waals surface area (Å²) in [6.45, 7) is 0. The molecule has 2 rings (SSSR count). The molecular weight excluding hydrogens is 208 g/mol. The van der Waals surface area contributed by atoms with Crippen LogP contribution < -0.4 is 22.1 Å². The molecule has 1 heterocycles. The van der Waals surface area contributed by atoms with Crippen molar-refractivity contribution < 1.29 is 4.79 Å². The molecular formula is C9H10N6O. The third kappa shape index (κ3) is 1.64. The number of amides is 2. The highest BCUT2D eigenvalue weighted by atomic mass is 16.2. The van der Waals surface area contributed by atoms with Crippen LogP contribution in [0.25, 0.3) is 10.9 Å². The number of anilines is 1. The number of nitrogens with zero attached hydrogens (tertiary/aromatic N) is 3. The quantitative estimate of drug-likeness (QED) is 0.351. The molecule has 0 radical (unpaired) electrons. The molecule has 2 aromatic rings. The van der Waals surface area contributed by atoms with Gasteiger partial charge in [0.2, 0.25) is 0 Å². The van der Waals surface area contributed by atoms with Crippen molar-refractivity contribution in [2.75, 3.05) is 5.01 Å². The molecule has 0 saturated heterocycles. The van der Waals surface area contributed by atoms with Gasteiger partial charge in [-0.1, -0.05) is 12.1 Å². The van der Waals surface area contributed by atoms with Crippen LogP contribution in [-0.4, -0.2) is 16.0 Å². The van der Waals surface area contributed by atoms with Gasteiger partial charge in [0.25, 0.3) is 0 Å². The Bertz CT molecular complexity index is 523. The zero-order valence-corrected chi connectivity index (χ0v) is 8.29. The summed E-state index contributed by atoms with van der Waals surface area (Å²) in [5, 5.41) is 1.51. The summed E-state index contributed by atoms with van der Waals surface area (Å²) in [7, 11) is 0. The largest absolute Gasteiger partial charge is 0.351 e. The Kier molecular flexibility index (Phi) is 2.63. The zero-order chi connectivity index (χ0) is 11.5. The van der Waals surface area contributed by atoms with Gasteiger partial charge in [-0.15, -0.1) is 0 Å². The number of nitrogens with one attached hydrogen (secondary N) is 1. The van der Waals surface area contributed by atoms with Crippen molar-refractivity contribution in [2.24, 2.45) is 11.7 Å². The average Bonchev–Trinajstić information content (AvgIpc) is 2.36. The third-order valence-corrected chi connectivity index (χ3v) is 2.09. The Morgan fingerprint density at radius 1 is 1.31 bits per heavy atom. The lowest BCUT2D eigenvalue weighted by molar-refractivity contribution is 0.246. The molecule has 0 bridgehead atoms. The van der Waals surface area contributed by atoms with Crippen LogP contribution >= 0.6 is 0 Å². The van der Waals surface area contributed by atoms with Crippen LogP contribution in [0, 0.1) is 0 Å². The number of hydrazine groups is 2.